The summed E-state index contributed by atoms with van der Waals surface area (Å²) in [7, 11) is 0. The van der Waals surface area contributed by atoms with Gasteiger partial charge in [0.05, 0.1) is 5.69 Å². The van der Waals surface area contributed by atoms with Crippen LogP contribution in [0, 0.1) is 9.49 Å². The van der Waals surface area contributed by atoms with E-state index in [4.69, 9.17) is 0 Å². The van der Waals surface area contributed by atoms with E-state index in [2.05, 4.69) is 22.6 Å². The summed E-state index contributed by atoms with van der Waals surface area (Å²) in [5, 5.41) is 0. The normalized spacial score (nSPS) is 14.6. The van der Waals surface area contributed by atoms with Gasteiger partial charge in [-0.1, -0.05) is 6.07 Å². The first-order chi connectivity index (χ1) is 7.59. The Morgan fingerprint density at radius 3 is 2.56 bits per heavy atom. The fourth-order valence-corrected chi connectivity index (χ4v) is 2.12. The van der Waals surface area contributed by atoms with Gasteiger partial charge in [0, 0.05) is 16.4 Å². The number of carbonyl (C=O) groups excluding carboxylic acids is 2. The summed E-state index contributed by atoms with van der Waals surface area (Å²) in [4.78, 5) is 24.8. The quantitative estimate of drug-likeness (QED) is 0.782. The molecular weight excluding hydrogens is 317 g/mol. The van der Waals surface area contributed by atoms with Crippen LogP contribution >= 0.6 is 22.6 Å². The Labute approximate surface area is 108 Å². The maximum absolute atomic E-state index is 12.0. The van der Waals surface area contributed by atoms with Gasteiger partial charge in [-0.3, -0.25) is 14.5 Å². The van der Waals surface area contributed by atoms with Gasteiger partial charge in [0.1, 0.15) is 0 Å². The average Bonchev–Trinajstić information content (AvgIpc) is 3.00. The number of imide groups is 1. The Bertz CT molecular complexity index is 440. The number of nitrogens with zero attached hydrogens (tertiary/aromatic N) is 1. The standard InChI is InChI=1S/C12H12INO2/c1-8(15)14(12(16)9-5-6-9)11-4-2-3-10(13)7-11/h2-4,7,9H,5-6H2,1H3. The van der Waals surface area contributed by atoms with Crippen LogP contribution < -0.4 is 4.90 Å². The van der Waals surface area contributed by atoms with E-state index in [9.17, 15) is 9.59 Å². The second-order valence-electron chi connectivity index (χ2n) is 3.95. The molecule has 84 valence electrons. The van der Waals surface area contributed by atoms with Crippen LogP contribution in [0.1, 0.15) is 19.8 Å². The third-order valence-corrected chi connectivity index (χ3v) is 3.20. The molecule has 2 rings (SSSR count). The molecular formula is C12H12INO2. The lowest BCUT2D eigenvalue weighted by Crippen LogP contribution is -2.36. The van der Waals surface area contributed by atoms with Gasteiger partial charge >= 0.3 is 0 Å². The van der Waals surface area contributed by atoms with Crippen molar-refractivity contribution in [3.05, 3.63) is 27.8 Å². The molecule has 1 aliphatic carbocycles. The van der Waals surface area contributed by atoms with Crippen molar-refractivity contribution in [2.24, 2.45) is 5.92 Å². The number of halogens is 1. The van der Waals surface area contributed by atoms with E-state index >= 15 is 0 Å². The summed E-state index contributed by atoms with van der Waals surface area (Å²) in [5.41, 5.74) is 0.677. The van der Waals surface area contributed by atoms with E-state index in [0.29, 0.717) is 5.69 Å². The van der Waals surface area contributed by atoms with Crippen molar-refractivity contribution in [1.82, 2.24) is 0 Å². The van der Waals surface area contributed by atoms with E-state index in [1.807, 2.05) is 18.2 Å². The van der Waals surface area contributed by atoms with Crippen LogP contribution in [0.2, 0.25) is 0 Å². The Hall–Kier alpha value is -0.910. The molecule has 0 heterocycles. The Morgan fingerprint density at radius 2 is 2.06 bits per heavy atom. The summed E-state index contributed by atoms with van der Waals surface area (Å²) in [5.74, 6) is -0.213. The number of carbonyl (C=O) groups is 2. The van der Waals surface area contributed by atoms with Crippen LogP contribution in [0.25, 0.3) is 0 Å². The summed E-state index contributed by atoms with van der Waals surface area (Å²) < 4.78 is 1.02. The number of benzene rings is 1. The number of hydrogen-bond donors (Lipinski definition) is 0. The van der Waals surface area contributed by atoms with Gasteiger partial charge < -0.3 is 0 Å². The van der Waals surface area contributed by atoms with Crippen LogP contribution in [0.15, 0.2) is 24.3 Å². The third kappa shape index (κ3) is 2.42. The van der Waals surface area contributed by atoms with Crippen molar-refractivity contribution < 1.29 is 9.59 Å². The second-order valence-corrected chi connectivity index (χ2v) is 5.19. The van der Waals surface area contributed by atoms with Crippen LogP contribution in [-0.4, -0.2) is 11.8 Å². The maximum atomic E-state index is 12.0. The molecule has 4 heteroatoms. The first-order valence-corrected chi connectivity index (χ1v) is 6.27. The van der Waals surface area contributed by atoms with Crippen molar-refractivity contribution in [2.75, 3.05) is 4.90 Å². The zero-order valence-corrected chi connectivity index (χ0v) is 11.1. The largest absolute Gasteiger partial charge is 0.274 e. The lowest BCUT2D eigenvalue weighted by atomic mass is 10.2. The first-order valence-electron chi connectivity index (χ1n) is 5.19. The van der Waals surface area contributed by atoms with Crippen molar-refractivity contribution in [2.45, 2.75) is 19.8 Å². The molecule has 0 saturated heterocycles. The SMILES string of the molecule is CC(=O)N(C(=O)C1CC1)c1cccc(I)c1. The summed E-state index contributed by atoms with van der Waals surface area (Å²) in [6, 6.07) is 7.43. The molecule has 0 spiro atoms. The molecule has 0 unspecified atom stereocenters. The number of rotatable bonds is 2. The summed E-state index contributed by atoms with van der Waals surface area (Å²) >= 11 is 2.17. The molecule has 0 aliphatic heterocycles. The number of hydrogen-bond acceptors (Lipinski definition) is 2. The molecule has 1 saturated carbocycles. The van der Waals surface area contributed by atoms with Gasteiger partial charge in [0.15, 0.2) is 0 Å². The summed E-state index contributed by atoms with van der Waals surface area (Å²) in [6.45, 7) is 1.43. The number of anilines is 1. The molecule has 0 aromatic heterocycles. The lowest BCUT2D eigenvalue weighted by molar-refractivity contribution is -0.126. The molecule has 0 atom stereocenters. The van der Waals surface area contributed by atoms with Crippen molar-refractivity contribution in [1.29, 1.82) is 0 Å². The molecule has 1 fully saturated rings. The van der Waals surface area contributed by atoms with Crippen LogP contribution in [0.3, 0.4) is 0 Å². The highest BCUT2D eigenvalue weighted by atomic mass is 127. The van der Waals surface area contributed by atoms with Crippen LogP contribution in [0.4, 0.5) is 5.69 Å². The molecule has 1 aromatic carbocycles. The maximum Gasteiger partial charge on any atom is 0.236 e. The van der Waals surface area contributed by atoms with E-state index in [1.165, 1.54) is 11.8 Å². The fraction of sp³-hybridized carbons (Fsp3) is 0.333. The zero-order chi connectivity index (χ0) is 11.7. The van der Waals surface area contributed by atoms with Gasteiger partial charge in [-0.2, -0.15) is 0 Å². The zero-order valence-electron chi connectivity index (χ0n) is 8.94. The predicted molar refractivity (Wildman–Crippen MR) is 70.1 cm³/mol. The summed E-state index contributed by atoms with van der Waals surface area (Å²) in [6.07, 6.45) is 1.82. The lowest BCUT2D eigenvalue weighted by Gasteiger charge is -2.19. The Balaban J connectivity index is 2.31. The Kier molecular flexibility index (Phi) is 3.28. The van der Waals surface area contributed by atoms with E-state index in [0.717, 1.165) is 16.4 Å². The van der Waals surface area contributed by atoms with Crippen molar-refractivity contribution >= 4 is 40.1 Å². The molecule has 1 aromatic rings. The molecule has 16 heavy (non-hydrogen) atoms. The minimum atomic E-state index is -0.209. The van der Waals surface area contributed by atoms with Crippen LogP contribution in [0.5, 0.6) is 0 Å². The van der Waals surface area contributed by atoms with Gasteiger partial charge in [0.25, 0.3) is 0 Å². The fourth-order valence-electron chi connectivity index (χ4n) is 1.59. The topological polar surface area (TPSA) is 37.4 Å². The van der Waals surface area contributed by atoms with Gasteiger partial charge in [-0.15, -0.1) is 0 Å². The molecule has 0 radical (unpaired) electrons. The van der Waals surface area contributed by atoms with Crippen LogP contribution in [-0.2, 0) is 9.59 Å². The molecule has 0 bridgehead atoms. The third-order valence-electron chi connectivity index (χ3n) is 2.53. The van der Waals surface area contributed by atoms with Gasteiger partial charge in [-0.05, 0) is 53.6 Å². The minimum absolute atomic E-state index is 0.0572. The van der Waals surface area contributed by atoms with E-state index in [1.54, 1.807) is 6.07 Å². The number of amides is 2. The van der Waals surface area contributed by atoms with Crippen molar-refractivity contribution in [3.8, 4) is 0 Å². The molecule has 1 aliphatic rings. The Morgan fingerprint density at radius 1 is 1.38 bits per heavy atom. The monoisotopic (exact) mass is 329 g/mol. The highest BCUT2D eigenvalue weighted by Crippen LogP contribution is 2.33. The smallest absolute Gasteiger partial charge is 0.236 e. The highest BCUT2D eigenvalue weighted by Gasteiger charge is 2.35. The molecule has 0 N–H and O–H groups in total. The average molecular weight is 329 g/mol. The van der Waals surface area contributed by atoms with E-state index in [-0.39, 0.29) is 17.7 Å². The minimum Gasteiger partial charge on any atom is -0.274 e. The molecule has 3 nitrogen and oxygen atoms in total. The van der Waals surface area contributed by atoms with E-state index < -0.39 is 0 Å². The first kappa shape index (κ1) is 11.6. The molecule has 2 amide bonds. The van der Waals surface area contributed by atoms with Crippen molar-refractivity contribution in [3.63, 3.8) is 0 Å². The van der Waals surface area contributed by atoms with Gasteiger partial charge in [-0.25, -0.2) is 0 Å². The van der Waals surface area contributed by atoms with Gasteiger partial charge in [0.2, 0.25) is 11.8 Å². The predicted octanol–water partition coefficient (Wildman–Crippen LogP) is 2.58. The highest BCUT2D eigenvalue weighted by molar-refractivity contribution is 14.1. The second kappa shape index (κ2) is 4.53.